The van der Waals surface area contributed by atoms with Crippen molar-refractivity contribution in [2.75, 3.05) is 4.90 Å². The molecular formula is C44H31N. The molecule has 0 heterocycles. The van der Waals surface area contributed by atoms with Gasteiger partial charge in [-0.2, -0.15) is 0 Å². The van der Waals surface area contributed by atoms with Gasteiger partial charge in [-0.05, 0) is 97.4 Å². The lowest BCUT2D eigenvalue weighted by atomic mass is 9.92. The zero-order valence-electron chi connectivity index (χ0n) is 24.8. The minimum atomic E-state index is 1.11. The summed E-state index contributed by atoms with van der Waals surface area (Å²) in [6.07, 6.45) is 0. The van der Waals surface area contributed by atoms with Crippen molar-refractivity contribution in [1.82, 2.24) is 0 Å². The smallest absolute Gasteiger partial charge is 0.0468 e. The minimum absolute atomic E-state index is 1.11. The molecule has 0 saturated carbocycles. The molecule has 1 heteroatoms. The van der Waals surface area contributed by atoms with Gasteiger partial charge in [-0.3, -0.25) is 0 Å². The molecule has 0 unspecified atom stereocenters. The molecule has 212 valence electrons. The average molecular weight is 574 g/mol. The fourth-order valence-corrected chi connectivity index (χ4v) is 6.40. The molecular weight excluding hydrogens is 542 g/mol. The van der Waals surface area contributed by atoms with E-state index in [-0.39, 0.29) is 0 Å². The third-order valence-corrected chi connectivity index (χ3v) is 8.65. The van der Waals surface area contributed by atoms with Crippen LogP contribution in [0, 0.1) is 0 Å². The minimum Gasteiger partial charge on any atom is -0.310 e. The maximum absolute atomic E-state index is 2.37. The number of nitrogens with zero attached hydrogens (tertiary/aromatic N) is 1. The van der Waals surface area contributed by atoms with Crippen LogP contribution in [0.15, 0.2) is 188 Å². The summed E-state index contributed by atoms with van der Waals surface area (Å²) >= 11 is 0. The van der Waals surface area contributed by atoms with Crippen molar-refractivity contribution in [2.45, 2.75) is 0 Å². The van der Waals surface area contributed by atoms with Crippen LogP contribution in [-0.2, 0) is 0 Å². The number of anilines is 3. The number of hydrogen-bond donors (Lipinski definition) is 0. The average Bonchev–Trinajstić information content (AvgIpc) is 3.13. The van der Waals surface area contributed by atoms with Crippen molar-refractivity contribution in [3.8, 4) is 33.4 Å². The molecule has 0 bridgehead atoms. The van der Waals surface area contributed by atoms with Gasteiger partial charge in [0, 0.05) is 17.1 Å². The topological polar surface area (TPSA) is 3.24 Å². The van der Waals surface area contributed by atoms with Crippen LogP contribution in [0.4, 0.5) is 17.1 Å². The van der Waals surface area contributed by atoms with Crippen molar-refractivity contribution in [1.29, 1.82) is 0 Å². The van der Waals surface area contributed by atoms with Crippen molar-refractivity contribution in [2.24, 2.45) is 0 Å². The molecule has 0 aliphatic carbocycles. The zero-order valence-corrected chi connectivity index (χ0v) is 24.8. The summed E-state index contributed by atoms with van der Waals surface area (Å²) in [5.74, 6) is 0. The van der Waals surface area contributed by atoms with E-state index in [4.69, 9.17) is 0 Å². The molecule has 8 rings (SSSR count). The van der Waals surface area contributed by atoms with E-state index >= 15 is 0 Å². The van der Waals surface area contributed by atoms with Crippen LogP contribution in [0.25, 0.3) is 54.9 Å². The summed E-state index contributed by atoms with van der Waals surface area (Å²) in [5, 5.41) is 5.02. The van der Waals surface area contributed by atoms with Gasteiger partial charge < -0.3 is 4.90 Å². The maximum atomic E-state index is 2.37. The molecule has 8 aromatic rings. The second-order valence-electron chi connectivity index (χ2n) is 11.4. The molecule has 0 saturated heterocycles. The third-order valence-electron chi connectivity index (χ3n) is 8.65. The Bertz CT molecular complexity index is 2140. The highest BCUT2D eigenvalue weighted by Gasteiger charge is 2.16. The molecule has 0 spiro atoms. The van der Waals surface area contributed by atoms with Crippen LogP contribution in [-0.4, -0.2) is 0 Å². The molecule has 45 heavy (non-hydrogen) atoms. The number of fused-ring (bicyclic) bond motifs is 3. The van der Waals surface area contributed by atoms with Crippen LogP contribution in [0.1, 0.15) is 0 Å². The first kappa shape index (κ1) is 26.7. The van der Waals surface area contributed by atoms with Crippen LogP contribution in [0.2, 0.25) is 0 Å². The van der Waals surface area contributed by atoms with Crippen molar-refractivity contribution in [3.63, 3.8) is 0 Å². The van der Waals surface area contributed by atoms with Gasteiger partial charge in [0.15, 0.2) is 0 Å². The van der Waals surface area contributed by atoms with Gasteiger partial charge >= 0.3 is 0 Å². The highest BCUT2D eigenvalue weighted by Crippen LogP contribution is 2.41. The molecule has 8 aromatic carbocycles. The quantitative estimate of drug-likeness (QED) is 0.179. The van der Waals surface area contributed by atoms with Crippen LogP contribution < -0.4 is 4.90 Å². The van der Waals surface area contributed by atoms with E-state index in [1.807, 2.05) is 0 Å². The van der Waals surface area contributed by atoms with Gasteiger partial charge in [0.2, 0.25) is 0 Å². The van der Waals surface area contributed by atoms with Gasteiger partial charge in [-0.1, -0.05) is 146 Å². The Kier molecular flexibility index (Phi) is 6.90. The van der Waals surface area contributed by atoms with Gasteiger partial charge in [0.05, 0.1) is 0 Å². The summed E-state index contributed by atoms with van der Waals surface area (Å²) < 4.78 is 0. The molecule has 0 radical (unpaired) electrons. The Morgan fingerprint density at radius 2 is 0.711 bits per heavy atom. The van der Waals surface area contributed by atoms with Crippen molar-refractivity contribution < 1.29 is 0 Å². The standard InChI is InChI=1S/C44H31N/c1-4-12-32(13-5-1)34-20-24-38(25-21-34)45(39-26-22-35(23-27-39)33-14-6-2-7-15-33)40-28-29-42-41-19-11-10-18-37(41)30-43(44(42)31-40)36-16-8-3-9-17-36/h1-31H. The summed E-state index contributed by atoms with van der Waals surface area (Å²) in [5.41, 5.74) is 10.6. The molecule has 0 aromatic heterocycles. The Labute approximate surface area is 264 Å². The first-order chi connectivity index (χ1) is 22.3. The van der Waals surface area contributed by atoms with E-state index in [2.05, 4.69) is 193 Å². The van der Waals surface area contributed by atoms with E-state index in [9.17, 15) is 0 Å². The Hall–Kier alpha value is -5.92. The fourth-order valence-electron chi connectivity index (χ4n) is 6.40. The van der Waals surface area contributed by atoms with E-state index in [1.165, 1.54) is 54.9 Å². The van der Waals surface area contributed by atoms with Gasteiger partial charge in [0.25, 0.3) is 0 Å². The lowest BCUT2D eigenvalue weighted by Crippen LogP contribution is -2.10. The zero-order chi connectivity index (χ0) is 30.0. The van der Waals surface area contributed by atoms with E-state index in [0.717, 1.165) is 17.1 Å². The van der Waals surface area contributed by atoms with Crippen LogP contribution >= 0.6 is 0 Å². The van der Waals surface area contributed by atoms with Crippen molar-refractivity contribution >= 4 is 38.6 Å². The predicted molar refractivity (Wildman–Crippen MR) is 192 cm³/mol. The molecule has 0 N–H and O–H groups in total. The molecule has 0 aliphatic rings. The first-order valence-electron chi connectivity index (χ1n) is 15.4. The third kappa shape index (κ3) is 5.15. The summed E-state index contributed by atoms with van der Waals surface area (Å²) in [6.45, 7) is 0. The van der Waals surface area contributed by atoms with E-state index < -0.39 is 0 Å². The van der Waals surface area contributed by atoms with Gasteiger partial charge in [-0.15, -0.1) is 0 Å². The van der Waals surface area contributed by atoms with Crippen LogP contribution in [0.3, 0.4) is 0 Å². The molecule has 0 amide bonds. The molecule has 0 fully saturated rings. The highest BCUT2D eigenvalue weighted by molar-refractivity contribution is 6.14. The highest BCUT2D eigenvalue weighted by atomic mass is 15.1. The second kappa shape index (κ2) is 11.6. The lowest BCUT2D eigenvalue weighted by Gasteiger charge is -2.27. The predicted octanol–water partition coefficient (Wildman–Crippen LogP) is 12.5. The second-order valence-corrected chi connectivity index (χ2v) is 11.4. The molecule has 0 atom stereocenters. The van der Waals surface area contributed by atoms with Gasteiger partial charge in [0.1, 0.15) is 0 Å². The number of rotatable bonds is 6. The largest absolute Gasteiger partial charge is 0.310 e. The number of hydrogen-bond acceptors (Lipinski definition) is 1. The first-order valence-corrected chi connectivity index (χ1v) is 15.4. The SMILES string of the molecule is c1ccc(-c2ccc(N(c3ccc(-c4ccccc4)cc3)c3ccc4c(c3)c(-c3ccccc3)cc3ccccc34)cc2)cc1. The lowest BCUT2D eigenvalue weighted by molar-refractivity contribution is 1.29. The van der Waals surface area contributed by atoms with Crippen molar-refractivity contribution in [3.05, 3.63) is 188 Å². The summed E-state index contributed by atoms with van der Waals surface area (Å²) in [4.78, 5) is 2.37. The summed E-state index contributed by atoms with van der Waals surface area (Å²) in [6, 6.07) is 67.6. The molecule has 0 aliphatic heterocycles. The van der Waals surface area contributed by atoms with E-state index in [1.54, 1.807) is 0 Å². The number of benzene rings is 8. The van der Waals surface area contributed by atoms with Crippen LogP contribution in [0.5, 0.6) is 0 Å². The normalized spacial score (nSPS) is 11.1. The van der Waals surface area contributed by atoms with E-state index in [0.29, 0.717) is 0 Å². The Morgan fingerprint density at radius 3 is 1.27 bits per heavy atom. The summed E-state index contributed by atoms with van der Waals surface area (Å²) in [7, 11) is 0. The maximum Gasteiger partial charge on any atom is 0.0468 e. The molecule has 1 nitrogen and oxygen atoms in total. The van der Waals surface area contributed by atoms with Gasteiger partial charge in [-0.25, -0.2) is 0 Å². The Balaban J connectivity index is 1.31. The Morgan fingerprint density at radius 1 is 0.267 bits per heavy atom. The fraction of sp³-hybridized carbons (Fsp3) is 0. The monoisotopic (exact) mass is 573 g/mol.